The molecule has 1 aromatic carbocycles. The standard InChI is InChI=1S/C18H21NO4/c1-12-4-6-15(7-5-12)22-17-9-8-16(23-17)18(20)19-10-13(2)21-14(3)11-19/h4-9,13-14H,10-11H2,1-3H3/t13-,14-/m1/s1. The molecule has 0 unspecified atom stereocenters. The van der Waals surface area contributed by atoms with Crippen LogP contribution in [0.4, 0.5) is 0 Å². The van der Waals surface area contributed by atoms with Crippen molar-refractivity contribution in [3.63, 3.8) is 0 Å². The molecule has 23 heavy (non-hydrogen) atoms. The van der Waals surface area contributed by atoms with Crippen LogP contribution in [0.15, 0.2) is 40.8 Å². The molecule has 5 heteroatoms. The number of furan rings is 1. The molecule has 5 nitrogen and oxygen atoms in total. The first-order chi connectivity index (χ1) is 11.0. The molecular weight excluding hydrogens is 294 g/mol. The van der Waals surface area contributed by atoms with Crippen LogP contribution in [0.2, 0.25) is 0 Å². The number of carbonyl (C=O) groups is 1. The molecule has 0 bridgehead atoms. The Kier molecular flexibility index (Phi) is 4.39. The van der Waals surface area contributed by atoms with Crippen LogP contribution in [0, 0.1) is 6.92 Å². The first kappa shape index (κ1) is 15.6. The molecule has 122 valence electrons. The normalized spacial score (nSPS) is 21.3. The van der Waals surface area contributed by atoms with Crippen LogP contribution in [-0.4, -0.2) is 36.1 Å². The van der Waals surface area contributed by atoms with Gasteiger partial charge in [0.2, 0.25) is 0 Å². The number of amides is 1. The van der Waals surface area contributed by atoms with Gasteiger partial charge < -0.3 is 18.8 Å². The van der Waals surface area contributed by atoms with E-state index in [0.29, 0.717) is 24.8 Å². The number of benzene rings is 1. The zero-order valence-electron chi connectivity index (χ0n) is 13.6. The van der Waals surface area contributed by atoms with Gasteiger partial charge in [0.25, 0.3) is 11.9 Å². The Bertz CT molecular complexity index is 667. The lowest BCUT2D eigenvalue weighted by atomic mass is 10.2. The maximum atomic E-state index is 12.5. The summed E-state index contributed by atoms with van der Waals surface area (Å²) in [6, 6.07) is 11.0. The second-order valence-corrected chi connectivity index (χ2v) is 6.00. The fourth-order valence-corrected chi connectivity index (χ4v) is 2.71. The van der Waals surface area contributed by atoms with E-state index in [1.54, 1.807) is 17.0 Å². The molecule has 1 fully saturated rings. The van der Waals surface area contributed by atoms with Gasteiger partial charge in [-0.05, 0) is 39.0 Å². The average molecular weight is 315 g/mol. The SMILES string of the molecule is Cc1ccc(Oc2ccc(C(=O)N3C[C@@H](C)O[C@H](C)C3)o2)cc1. The summed E-state index contributed by atoms with van der Waals surface area (Å²) < 4.78 is 16.8. The quantitative estimate of drug-likeness (QED) is 0.868. The smallest absolute Gasteiger partial charge is 0.290 e. The van der Waals surface area contributed by atoms with Crippen molar-refractivity contribution < 1.29 is 18.7 Å². The average Bonchev–Trinajstić information content (AvgIpc) is 2.96. The molecule has 2 heterocycles. The van der Waals surface area contributed by atoms with Crippen molar-refractivity contribution in [2.75, 3.05) is 13.1 Å². The number of rotatable bonds is 3. The minimum absolute atomic E-state index is 0.0286. The first-order valence-corrected chi connectivity index (χ1v) is 7.80. The second kappa shape index (κ2) is 6.46. The fraction of sp³-hybridized carbons (Fsp3) is 0.389. The third kappa shape index (κ3) is 3.74. The number of carbonyl (C=O) groups excluding carboxylic acids is 1. The molecule has 0 N–H and O–H groups in total. The fourth-order valence-electron chi connectivity index (χ4n) is 2.71. The molecule has 0 radical (unpaired) electrons. The maximum Gasteiger partial charge on any atom is 0.290 e. The first-order valence-electron chi connectivity index (χ1n) is 7.80. The Labute approximate surface area is 135 Å². The van der Waals surface area contributed by atoms with Crippen LogP contribution >= 0.6 is 0 Å². The molecule has 1 saturated heterocycles. The molecule has 2 aromatic rings. The lowest BCUT2D eigenvalue weighted by molar-refractivity contribution is -0.0592. The van der Waals surface area contributed by atoms with E-state index >= 15 is 0 Å². The Balaban J connectivity index is 1.68. The lowest BCUT2D eigenvalue weighted by Gasteiger charge is -2.34. The topological polar surface area (TPSA) is 51.9 Å². The Hall–Kier alpha value is -2.27. The minimum Gasteiger partial charge on any atom is -0.426 e. The van der Waals surface area contributed by atoms with E-state index in [2.05, 4.69) is 0 Å². The van der Waals surface area contributed by atoms with Crippen LogP contribution in [0.5, 0.6) is 11.7 Å². The summed E-state index contributed by atoms with van der Waals surface area (Å²) in [6.45, 7) is 7.07. The highest BCUT2D eigenvalue weighted by molar-refractivity contribution is 5.91. The summed E-state index contributed by atoms with van der Waals surface area (Å²) in [7, 11) is 0. The van der Waals surface area contributed by atoms with E-state index < -0.39 is 0 Å². The van der Waals surface area contributed by atoms with Gasteiger partial charge in [0, 0.05) is 19.2 Å². The van der Waals surface area contributed by atoms with Gasteiger partial charge in [-0.3, -0.25) is 4.79 Å². The number of ether oxygens (including phenoxy) is 2. The number of nitrogens with zero attached hydrogens (tertiary/aromatic N) is 1. The van der Waals surface area contributed by atoms with Gasteiger partial charge in [-0.1, -0.05) is 17.7 Å². The molecule has 0 aliphatic carbocycles. The monoisotopic (exact) mass is 315 g/mol. The minimum atomic E-state index is -0.134. The predicted molar refractivity (Wildman–Crippen MR) is 85.9 cm³/mol. The van der Waals surface area contributed by atoms with Crippen molar-refractivity contribution in [3.05, 3.63) is 47.7 Å². The van der Waals surface area contributed by atoms with Gasteiger partial charge >= 0.3 is 0 Å². The van der Waals surface area contributed by atoms with Crippen molar-refractivity contribution >= 4 is 5.91 Å². The zero-order valence-corrected chi connectivity index (χ0v) is 13.6. The summed E-state index contributed by atoms with van der Waals surface area (Å²) in [5, 5.41) is 0. The number of aryl methyl sites for hydroxylation is 1. The maximum absolute atomic E-state index is 12.5. The van der Waals surface area contributed by atoms with Crippen molar-refractivity contribution in [1.29, 1.82) is 0 Å². The zero-order chi connectivity index (χ0) is 16.4. The van der Waals surface area contributed by atoms with E-state index in [9.17, 15) is 4.79 Å². The Morgan fingerprint density at radius 3 is 2.39 bits per heavy atom. The van der Waals surface area contributed by atoms with Gasteiger partial charge in [0.05, 0.1) is 12.2 Å². The van der Waals surface area contributed by atoms with Crippen LogP contribution in [0.25, 0.3) is 0 Å². The Morgan fingerprint density at radius 2 is 1.74 bits per heavy atom. The van der Waals surface area contributed by atoms with E-state index in [1.807, 2.05) is 45.0 Å². The molecule has 1 aliphatic rings. The van der Waals surface area contributed by atoms with Crippen molar-refractivity contribution in [1.82, 2.24) is 4.90 Å². The van der Waals surface area contributed by atoms with Crippen molar-refractivity contribution in [2.24, 2.45) is 0 Å². The van der Waals surface area contributed by atoms with Crippen molar-refractivity contribution in [2.45, 2.75) is 33.0 Å². The molecule has 1 amide bonds. The van der Waals surface area contributed by atoms with Gasteiger partial charge in [0.15, 0.2) is 5.76 Å². The highest BCUT2D eigenvalue weighted by atomic mass is 16.6. The molecular formula is C18H21NO4. The highest BCUT2D eigenvalue weighted by Crippen LogP contribution is 2.25. The molecule has 0 spiro atoms. The van der Waals surface area contributed by atoms with Gasteiger partial charge in [-0.2, -0.15) is 0 Å². The molecule has 1 aromatic heterocycles. The summed E-state index contributed by atoms with van der Waals surface area (Å²) in [5.74, 6) is 1.14. The third-order valence-electron chi connectivity index (χ3n) is 3.74. The lowest BCUT2D eigenvalue weighted by Crippen LogP contribution is -2.48. The summed E-state index contributed by atoms with van der Waals surface area (Å²) in [6.07, 6.45) is 0.0573. The summed E-state index contributed by atoms with van der Waals surface area (Å²) >= 11 is 0. The van der Waals surface area contributed by atoms with Gasteiger partial charge in [-0.15, -0.1) is 0 Å². The van der Waals surface area contributed by atoms with E-state index in [0.717, 1.165) is 5.56 Å². The van der Waals surface area contributed by atoms with Crippen LogP contribution in [0.3, 0.4) is 0 Å². The van der Waals surface area contributed by atoms with E-state index in [1.165, 1.54) is 0 Å². The molecule has 1 aliphatic heterocycles. The van der Waals surface area contributed by atoms with Crippen LogP contribution < -0.4 is 4.74 Å². The molecule has 2 atom stereocenters. The van der Waals surface area contributed by atoms with E-state index in [4.69, 9.17) is 13.9 Å². The summed E-state index contributed by atoms with van der Waals surface area (Å²) in [4.78, 5) is 14.3. The number of morpholine rings is 1. The largest absolute Gasteiger partial charge is 0.426 e. The van der Waals surface area contributed by atoms with E-state index in [-0.39, 0.29) is 23.9 Å². The Morgan fingerprint density at radius 1 is 1.09 bits per heavy atom. The predicted octanol–water partition coefficient (Wildman–Crippen LogP) is 3.63. The molecule has 3 rings (SSSR count). The summed E-state index contributed by atoms with van der Waals surface area (Å²) in [5.41, 5.74) is 1.16. The van der Waals surface area contributed by atoms with Crippen LogP contribution in [0.1, 0.15) is 30.0 Å². The second-order valence-electron chi connectivity index (χ2n) is 6.00. The van der Waals surface area contributed by atoms with Gasteiger partial charge in [0.1, 0.15) is 5.75 Å². The molecule has 0 saturated carbocycles. The van der Waals surface area contributed by atoms with Gasteiger partial charge in [-0.25, -0.2) is 0 Å². The number of hydrogen-bond donors (Lipinski definition) is 0. The third-order valence-corrected chi connectivity index (χ3v) is 3.74. The van der Waals surface area contributed by atoms with Crippen molar-refractivity contribution in [3.8, 4) is 11.7 Å². The number of hydrogen-bond acceptors (Lipinski definition) is 4. The highest BCUT2D eigenvalue weighted by Gasteiger charge is 2.28. The van der Waals surface area contributed by atoms with Crippen LogP contribution in [-0.2, 0) is 4.74 Å².